The van der Waals surface area contributed by atoms with Crippen LogP contribution in [0.2, 0.25) is 0 Å². The third kappa shape index (κ3) is 4.36. The molecular weight excluding hydrogens is 376 g/mol. The van der Waals surface area contributed by atoms with E-state index in [0.717, 1.165) is 11.8 Å². The number of benzene rings is 2. The maximum atomic E-state index is 12.5. The van der Waals surface area contributed by atoms with Gasteiger partial charge in [-0.2, -0.15) is 0 Å². The average molecular weight is 398 g/mol. The molecule has 0 fully saturated rings. The van der Waals surface area contributed by atoms with Gasteiger partial charge in [0.15, 0.2) is 0 Å². The van der Waals surface area contributed by atoms with Crippen molar-refractivity contribution < 1.29 is 18.7 Å². The molecule has 0 aliphatic heterocycles. The summed E-state index contributed by atoms with van der Waals surface area (Å²) in [6.45, 7) is 6.39. The van der Waals surface area contributed by atoms with E-state index in [4.69, 9.17) is 13.9 Å². The second-order valence-electron chi connectivity index (χ2n) is 7.16. The Hall–Kier alpha value is -2.80. The van der Waals surface area contributed by atoms with E-state index in [1.807, 2.05) is 24.3 Å². The van der Waals surface area contributed by atoms with E-state index in [9.17, 15) is 4.79 Å². The molecular formula is C21H22N2O4S. The number of carbonyl (C=O) groups excluding carboxylic acids is 1. The molecule has 1 aromatic heterocycles. The number of aromatic nitrogens is 2. The van der Waals surface area contributed by atoms with E-state index < -0.39 is 0 Å². The molecule has 6 nitrogen and oxygen atoms in total. The number of methoxy groups -OCH3 is 2. The molecule has 0 saturated heterocycles. The Morgan fingerprint density at radius 3 is 2.32 bits per heavy atom. The lowest BCUT2D eigenvalue weighted by Gasteiger charge is -2.18. The summed E-state index contributed by atoms with van der Waals surface area (Å²) in [5, 5.41) is 8.03. The minimum absolute atomic E-state index is 0.0352. The standard InChI is InChI=1S/C21H22N2O4S/c1-21(2,3)14-8-6-13(7-9-14)19(24)28-20-23-22-18(27-20)16-11-10-15(25-4)12-17(16)26-5/h6-12H,1-5H3. The highest BCUT2D eigenvalue weighted by molar-refractivity contribution is 8.14. The fourth-order valence-corrected chi connectivity index (χ4v) is 3.19. The second kappa shape index (κ2) is 8.06. The number of carbonyl (C=O) groups is 1. The predicted octanol–water partition coefficient (Wildman–Crippen LogP) is 4.98. The Morgan fingerprint density at radius 2 is 1.71 bits per heavy atom. The molecule has 0 spiro atoms. The van der Waals surface area contributed by atoms with Crippen LogP contribution in [0.15, 0.2) is 52.1 Å². The van der Waals surface area contributed by atoms with Crippen LogP contribution in [0, 0.1) is 0 Å². The normalized spacial score (nSPS) is 11.3. The van der Waals surface area contributed by atoms with Gasteiger partial charge in [0.1, 0.15) is 11.5 Å². The molecule has 146 valence electrons. The maximum Gasteiger partial charge on any atom is 0.284 e. The van der Waals surface area contributed by atoms with Crippen molar-refractivity contribution in [2.75, 3.05) is 14.2 Å². The first kappa shape index (κ1) is 19.9. The number of hydrogen-bond acceptors (Lipinski definition) is 7. The van der Waals surface area contributed by atoms with E-state index in [2.05, 4.69) is 31.0 Å². The van der Waals surface area contributed by atoms with Crippen molar-refractivity contribution in [1.29, 1.82) is 0 Å². The first-order valence-electron chi connectivity index (χ1n) is 8.70. The van der Waals surface area contributed by atoms with Crippen LogP contribution in [0.25, 0.3) is 11.5 Å². The van der Waals surface area contributed by atoms with Crippen LogP contribution in [-0.4, -0.2) is 29.5 Å². The zero-order valence-electron chi connectivity index (χ0n) is 16.5. The van der Waals surface area contributed by atoms with Gasteiger partial charge < -0.3 is 13.9 Å². The van der Waals surface area contributed by atoms with Crippen molar-refractivity contribution >= 4 is 16.9 Å². The molecule has 0 aliphatic carbocycles. The zero-order chi connectivity index (χ0) is 20.3. The summed E-state index contributed by atoms with van der Waals surface area (Å²) >= 11 is 0.902. The Kier molecular flexibility index (Phi) is 5.74. The number of hydrogen-bond donors (Lipinski definition) is 0. The molecule has 0 radical (unpaired) electrons. The molecule has 7 heteroatoms. The van der Waals surface area contributed by atoms with Crippen LogP contribution in [0.3, 0.4) is 0 Å². The third-order valence-corrected chi connectivity index (χ3v) is 4.97. The molecule has 2 aromatic carbocycles. The van der Waals surface area contributed by atoms with Crippen molar-refractivity contribution in [2.45, 2.75) is 31.4 Å². The van der Waals surface area contributed by atoms with E-state index in [0.29, 0.717) is 22.6 Å². The Bertz CT molecular complexity index is 975. The molecule has 0 saturated carbocycles. The predicted molar refractivity (Wildman–Crippen MR) is 108 cm³/mol. The molecule has 0 atom stereocenters. The van der Waals surface area contributed by atoms with Crippen molar-refractivity contribution in [3.05, 3.63) is 53.6 Å². The van der Waals surface area contributed by atoms with Crippen LogP contribution in [0.5, 0.6) is 11.5 Å². The van der Waals surface area contributed by atoms with Crippen LogP contribution >= 0.6 is 11.8 Å². The summed E-state index contributed by atoms with van der Waals surface area (Å²) in [4.78, 5) is 12.5. The summed E-state index contributed by atoms with van der Waals surface area (Å²) in [6.07, 6.45) is 0. The van der Waals surface area contributed by atoms with Crippen molar-refractivity contribution in [1.82, 2.24) is 10.2 Å². The van der Waals surface area contributed by atoms with Gasteiger partial charge in [0.05, 0.1) is 19.8 Å². The fraction of sp³-hybridized carbons (Fsp3) is 0.286. The molecule has 0 bridgehead atoms. The molecule has 0 unspecified atom stereocenters. The Morgan fingerprint density at radius 1 is 1.00 bits per heavy atom. The van der Waals surface area contributed by atoms with Crippen molar-refractivity contribution in [3.8, 4) is 23.0 Å². The van der Waals surface area contributed by atoms with E-state index >= 15 is 0 Å². The van der Waals surface area contributed by atoms with Crippen LogP contribution < -0.4 is 9.47 Å². The molecule has 0 aliphatic rings. The van der Waals surface area contributed by atoms with Gasteiger partial charge in [0.25, 0.3) is 11.1 Å². The molecule has 0 amide bonds. The zero-order valence-corrected chi connectivity index (χ0v) is 17.3. The van der Waals surface area contributed by atoms with Gasteiger partial charge in [-0.05, 0) is 23.1 Å². The molecule has 3 aromatic rings. The molecule has 3 rings (SSSR count). The highest BCUT2D eigenvalue weighted by atomic mass is 32.2. The van der Waals surface area contributed by atoms with Crippen molar-refractivity contribution in [3.63, 3.8) is 0 Å². The Balaban J connectivity index is 1.77. The minimum atomic E-state index is -0.155. The van der Waals surface area contributed by atoms with Crippen LogP contribution in [0.4, 0.5) is 0 Å². The Labute approximate surface area is 168 Å². The number of nitrogens with zero attached hydrogens (tertiary/aromatic N) is 2. The topological polar surface area (TPSA) is 74.5 Å². The number of thioether (sulfide) groups is 1. The van der Waals surface area contributed by atoms with Crippen LogP contribution in [-0.2, 0) is 5.41 Å². The summed E-state index contributed by atoms with van der Waals surface area (Å²) in [6, 6.07) is 12.8. The first-order chi connectivity index (χ1) is 13.3. The molecule has 1 heterocycles. The fourth-order valence-electron chi connectivity index (χ4n) is 2.58. The largest absolute Gasteiger partial charge is 0.497 e. The number of rotatable bonds is 5. The molecule has 28 heavy (non-hydrogen) atoms. The lowest BCUT2D eigenvalue weighted by Crippen LogP contribution is -2.11. The van der Waals surface area contributed by atoms with Gasteiger partial charge in [-0.25, -0.2) is 0 Å². The highest BCUT2D eigenvalue weighted by Crippen LogP contribution is 2.34. The summed E-state index contributed by atoms with van der Waals surface area (Å²) < 4.78 is 16.2. The maximum absolute atomic E-state index is 12.5. The third-order valence-electron chi connectivity index (χ3n) is 4.21. The van der Waals surface area contributed by atoms with E-state index in [1.165, 1.54) is 5.56 Å². The van der Waals surface area contributed by atoms with E-state index in [-0.39, 0.29) is 21.6 Å². The summed E-state index contributed by atoms with van der Waals surface area (Å²) in [7, 11) is 3.13. The van der Waals surface area contributed by atoms with Gasteiger partial charge in [0.2, 0.25) is 5.12 Å². The summed E-state index contributed by atoms with van der Waals surface area (Å²) in [5.74, 6) is 1.48. The van der Waals surface area contributed by atoms with Crippen LogP contribution in [0.1, 0.15) is 36.7 Å². The minimum Gasteiger partial charge on any atom is -0.497 e. The van der Waals surface area contributed by atoms with Gasteiger partial charge >= 0.3 is 0 Å². The highest BCUT2D eigenvalue weighted by Gasteiger charge is 2.19. The lowest BCUT2D eigenvalue weighted by atomic mass is 9.87. The van der Waals surface area contributed by atoms with Crippen molar-refractivity contribution in [2.24, 2.45) is 0 Å². The SMILES string of the molecule is COc1ccc(-c2nnc(SC(=O)c3ccc(C(C)(C)C)cc3)o2)c(OC)c1. The second-order valence-corrected chi connectivity index (χ2v) is 8.08. The first-order valence-corrected chi connectivity index (χ1v) is 9.52. The van der Waals surface area contributed by atoms with Gasteiger partial charge in [-0.1, -0.05) is 45.0 Å². The molecule has 0 N–H and O–H groups in total. The number of ether oxygens (including phenoxy) is 2. The average Bonchev–Trinajstić information content (AvgIpc) is 3.15. The lowest BCUT2D eigenvalue weighted by molar-refractivity contribution is 0.108. The summed E-state index contributed by atoms with van der Waals surface area (Å²) in [5.41, 5.74) is 2.42. The quantitative estimate of drug-likeness (QED) is 0.561. The monoisotopic (exact) mass is 398 g/mol. The van der Waals surface area contributed by atoms with Gasteiger partial charge in [-0.3, -0.25) is 4.79 Å². The van der Waals surface area contributed by atoms with Gasteiger partial charge in [-0.15, -0.1) is 10.2 Å². The smallest absolute Gasteiger partial charge is 0.284 e. The van der Waals surface area contributed by atoms with E-state index in [1.54, 1.807) is 32.4 Å². The van der Waals surface area contributed by atoms with Gasteiger partial charge in [0, 0.05) is 23.4 Å².